The maximum atomic E-state index is 6.03. The first kappa shape index (κ1) is 18.3. The highest BCUT2D eigenvalue weighted by molar-refractivity contribution is 5.08. The van der Waals surface area contributed by atoms with Crippen molar-refractivity contribution in [1.82, 2.24) is 0 Å². The molecule has 25 heavy (non-hydrogen) atoms. The summed E-state index contributed by atoms with van der Waals surface area (Å²) in [7, 11) is 0. The summed E-state index contributed by atoms with van der Waals surface area (Å²) in [6.45, 7) is 7.05. The molecule has 6 unspecified atom stereocenters. The van der Waals surface area contributed by atoms with Gasteiger partial charge in [0.05, 0.1) is 23.4 Å². The maximum Gasteiger partial charge on any atom is 0.0923 e. The summed E-state index contributed by atoms with van der Waals surface area (Å²) in [5.41, 5.74) is 0.499. The fraction of sp³-hybridized carbons (Fsp3) is 1.00. The average Bonchev–Trinajstić information content (AvgIpc) is 3.45. The second kappa shape index (κ2) is 7.15. The van der Waals surface area contributed by atoms with Crippen molar-refractivity contribution in [2.75, 3.05) is 0 Å². The Morgan fingerprint density at radius 1 is 0.760 bits per heavy atom. The van der Waals surface area contributed by atoms with Crippen LogP contribution >= 0.6 is 0 Å². The van der Waals surface area contributed by atoms with E-state index in [1.54, 1.807) is 0 Å². The van der Waals surface area contributed by atoms with Crippen LogP contribution < -0.4 is 0 Å². The molecule has 144 valence electrons. The Balaban J connectivity index is 1.33. The first-order chi connectivity index (χ1) is 12.0. The number of hydrogen-bond acceptors (Lipinski definition) is 2. The molecule has 0 aromatic carbocycles. The Morgan fingerprint density at radius 3 is 1.80 bits per heavy atom. The zero-order valence-corrected chi connectivity index (χ0v) is 16.9. The van der Waals surface area contributed by atoms with Crippen molar-refractivity contribution in [2.45, 2.75) is 128 Å². The van der Waals surface area contributed by atoms with Crippen molar-refractivity contribution in [2.24, 2.45) is 17.8 Å². The van der Waals surface area contributed by atoms with E-state index in [4.69, 9.17) is 9.47 Å². The van der Waals surface area contributed by atoms with Crippen LogP contribution in [-0.2, 0) is 9.47 Å². The summed E-state index contributed by atoms with van der Waals surface area (Å²) in [6, 6.07) is 0. The lowest BCUT2D eigenvalue weighted by molar-refractivity contribution is 0.115. The molecule has 0 amide bonds. The third-order valence-electron chi connectivity index (χ3n) is 8.11. The fourth-order valence-electron chi connectivity index (χ4n) is 6.39. The molecular weight excluding hydrogens is 308 g/mol. The highest BCUT2D eigenvalue weighted by atomic mass is 16.6. The van der Waals surface area contributed by atoms with Crippen molar-refractivity contribution in [3.8, 4) is 0 Å². The summed E-state index contributed by atoms with van der Waals surface area (Å²) >= 11 is 0. The Morgan fingerprint density at radius 2 is 1.28 bits per heavy atom. The van der Waals surface area contributed by atoms with E-state index in [9.17, 15) is 0 Å². The van der Waals surface area contributed by atoms with E-state index in [-0.39, 0.29) is 11.2 Å². The SMILES string of the molecule is CCCCCCCCC(C1CCC2OC2(C)C1)C1CCC2OC2(C)C1. The summed E-state index contributed by atoms with van der Waals surface area (Å²) in [5.74, 6) is 2.74. The normalized spacial score (nSPS) is 46.2. The molecule has 2 heterocycles. The van der Waals surface area contributed by atoms with Crippen LogP contribution in [-0.4, -0.2) is 23.4 Å². The number of unbranched alkanes of at least 4 members (excludes halogenated alkanes) is 5. The summed E-state index contributed by atoms with van der Waals surface area (Å²) in [4.78, 5) is 0. The van der Waals surface area contributed by atoms with Crippen LogP contribution in [0.15, 0.2) is 0 Å². The molecule has 4 fully saturated rings. The molecule has 4 rings (SSSR count). The van der Waals surface area contributed by atoms with Crippen molar-refractivity contribution in [1.29, 1.82) is 0 Å². The van der Waals surface area contributed by atoms with E-state index in [0.717, 1.165) is 17.8 Å². The first-order valence-electron chi connectivity index (χ1n) is 11.4. The Hall–Kier alpha value is -0.0800. The van der Waals surface area contributed by atoms with Crippen molar-refractivity contribution >= 4 is 0 Å². The molecule has 2 saturated carbocycles. The van der Waals surface area contributed by atoms with E-state index in [2.05, 4.69) is 20.8 Å². The Bertz CT molecular complexity index is 429. The molecule has 0 N–H and O–H groups in total. The lowest BCUT2D eigenvalue weighted by Crippen LogP contribution is -2.35. The van der Waals surface area contributed by atoms with Crippen LogP contribution in [0.5, 0.6) is 0 Å². The molecule has 2 nitrogen and oxygen atoms in total. The van der Waals surface area contributed by atoms with Crippen LogP contribution in [0.1, 0.15) is 104 Å². The van der Waals surface area contributed by atoms with Gasteiger partial charge in [0, 0.05) is 0 Å². The molecule has 6 atom stereocenters. The average molecular weight is 349 g/mol. The van der Waals surface area contributed by atoms with Gasteiger partial charge in [-0.15, -0.1) is 0 Å². The summed E-state index contributed by atoms with van der Waals surface area (Å²) in [5, 5.41) is 0. The van der Waals surface area contributed by atoms with Gasteiger partial charge in [-0.05, 0) is 76.5 Å². The lowest BCUT2D eigenvalue weighted by atomic mass is 9.65. The minimum atomic E-state index is 0.249. The highest BCUT2D eigenvalue weighted by Crippen LogP contribution is 2.57. The van der Waals surface area contributed by atoms with Crippen LogP contribution in [0.2, 0.25) is 0 Å². The first-order valence-corrected chi connectivity index (χ1v) is 11.4. The molecule has 0 aromatic heterocycles. The van der Waals surface area contributed by atoms with Gasteiger partial charge in [0.25, 0.3) is 0 Å². The Labute approximate surface area is 155 Å². The van der Waals surface area contributed by atoms with E-state index in [0.29, 0.717) is 12.2 Å². The van der Waals surface area contributed by atoms with E-state index in [1.165, 1.54) is 83.5 Å². The number of rotatable bonds is 9. The Kier molecular flexibility index (Phi) is 5.23. The van der Waals surface area contributed by atoms with Gasteiger partial charge in [-0.25, -0.2) is 0 Å². The topological polar surface area (TPSA) is 25.1 Å². The molecule has 0 aromatic rings. The summed E-state index contributed by atoms with van der Waals surface area (Å²) in [6.07, 6.45) is 19.3. The number of epoxide rings is 2. The van der Waals surface area contributed by atoms with Crippen molar-refractivity contribution in [3.63, 3.8) is 0 Å². The molecule has 0 bridgehead atoms. The van der Waals surface area contributed by atoms with Gasteiger partial charge >= 0.3 is 0 Å². The summed E-state index contributed by atoms with van der Waals surface area (Å²) < 4.78 is 12.1. The highest BCUT2D eigenvalue weighted by Gasteiger charge is 2.59. The third kappa shape index (κ3) is 3.95. The fourth-order valence-corrected chi connectivity index (χ4v) is 6.39. The molecule has 0 radical (unpaired) electrons. The maximum absolute atomic E-state index is 6.03. The zero-order valence-electron chi connectivity index (χ0n) is 16.9. The van der Waals surface area contributed by atoms with Gasteiger partial charge in [0.15, 0.2) is 0 Å². The number of ether oxygens (including phenoxy) is 2. The standard InChI is InChI=1S/C23H40O2/c1-4-5-6-7-8-9-10-19(17-11-13-20-22(2,15-17)24-20)18-12-14-21-23(3,16-18)25-21/h17-21H,4-16H2,1-3H3. The van der Waals surface area contributed by atoms with E-state index < -0.39 is 0 Å². The van der Waals surface area contributed by atoms with Crippen molar-refractivity contribution in [3.05, 3.63) is 0 Å². The molecule has 2 aliphatic carbocycles. The van der Waals surface area contributed by atoms with Crippen molar-refractivity contribution < 1.29 is 9.47 Å². The second-order valence-electron chi connectivity index (χ2n) is 10.1. The molecule has 2 aliphatic heterocycles. The van der Waals surface area contributed by atoms with Crippen LogP contribution in [0.4, 0.5) is 0 Å². The zero-order chi connectivity index (χ0) is 17.5. The van der Waals surface area contributed by atoms with Crippen LogP contribution in [0.25, 0.3) is 0 Å². The second-order valence-corrected chi connectivity index (χ2v) is 10.1. The van der Waals surface area contributed by atoms with Gasteiger partial charge in [0.1, 0.15) is 0 Å². The minimum absolute atomic E-state index is 0.249. The number of fused-ring (bicyclic) bond motifs is 2. The molecule has 0 spiro atoms. The van der Waals surface area contributed by atoms with Gasteiger partial charge in [-0.1, -0.05) is 45.4 Å². The molecule has 2 heteroatoms. The molecule has 2 saturated heterocycles. The molecular formula is C23H40O2. The molecule has 4 aliphatic rings. The van der Waals surface area contributed by atoms with E-state index in [1.807, 2.05) is 0 Å². The third-order valence-corrected chi connectivity index (χ3v) is 8.11. The lowest BCUT2D eigenvalue weighted by Gasteiger charge is -2.39. The van der Waals surface area contributed by atoms with Crippen LogP contribution in [0, 0.1) is 17.8 Å². The monoisotopic (exact) mass is 348 g/mol. The van der Waals surface area contributed by atoms with Gasteiger partial charge in [0.2, 0.25) is 0 Å². The van der Waals surface area contributed by atoms with Gasteiger partial charge in [-0.3, -0.25) is 0 Å². The largest absolute Gasteiger partial charge is 0.366 e. The van der Waals surface area contributed by atoms with Gasteiger partial charge in [-0.2, -0.15) is 0 Å². The smallest absolute Gasteiger partial charge is 0.0923 e. The quantitative estimate of drug-likeness (QED) is 0.362. The van der Waals surface area contributed by atoms with Gasteiger partial charge < -0.3 is 9.47 Å². The van der Waals surface area contributed by atoms with E-state index >= 15 is 0 Å². The van der Waals surface area contributed by atoms with Crippen LogP contribution in [0.3, 0.4) is 0 Å². The minimum Gasteiger partial charge on any atom is -0.366 e. The predicted octanol–water partition coefficient (Wildman–Crippen LogP) is 6.27. The number of hydrogen-bond donors (Lipinski definition) is 0. The predicted molar refractivity (Wildman–Crippen MR) is 103 cm³/mol.